The number of hydrogen-bond acceptors (Lipinski definition) is 4. The summed E-state index contributed by atoms with van der Waals surface area (Å²) in [5.41, 5.74) is 0. The van der Waals surface area contributed by atoms with Gasteiger partial charge in [0.25, 0.3) is 11.8 Å². The fourth-order valence-electron chi connectivity index (χ4n) is 3.16. The van der Waals surface area contributed by atoms with Crippen molar-refractivity contribution in [2.75, 3.05) is 19.6 Å². The second kappa shape index (κ2) is 15.7. The highest BCUT2D eigenvalue weighted by atomic mass is 16.2. The molecular formula is C22H37N3O4. The van der Waals surface area contributed by atoms with Crippen molar-refractivity contribution >= 4 is 23.6 Å². The van der Waals surface area contributed by atoms with Gasteiger partial charge in [-0.1, -0.05) is 39.0 Å². The van der Waals surface area contributed by atoms with Gasteiger partial charge in [-0.05, 0) is 32.1 Å². The number of nitrogens with zero attached hydrogens (tertiary/aromatic N) is 1. The van der Waals surface area contributed by atoms with Crippen molar-refractivity contribution in [3.8, 4) is 0 Å². The summed E-state index contributed by atoms with van der Waals surface area (Å²) >= 11 is 0. The van der Waals surface area contributed by atoms with E-state index in [1.807, 2.05) is 0 Å². The predicted molar refractivity (Wildman–Crippen MR) is 113 cm³/mol. The predicted octanol–water partition coefficient (Wildman–Crippen LogP) is 2.84. The van der Waals surface area contributed by atoms with E-state index in [2.05, 4.69) is 17.6 Å². The molecule has 29 heavy (non-hydrogen) atoms. The molecule has 0 spiro atoms. The van der Waals surface area contributed by atoms with E-state index >= 15 is 0 Å². The first kappa shape index (κ1) is 24.9. The molecule has 164 valence electrons. The van der Waals surface area contributed by atoms with Crippen molar-refractivity contribution < 1.29 is 19.2 Å². The van der Waals surface area contributed by atoms with Crippen LogP contribution in [0.2, 0.25) is 0 Å². The van der Waals surface area contributed by atoms with Crippen LogP contribution >= 0.6 is 0 Å². The van der Waals surface area contributed by atoms with E-state index in [9.17, 15) is 19.2 Å². The maximum atomic E-state index is 11.8. The number of amides is 4. The summed E-state index contributed by atoms with van der Waals surface area (Å²) in [6, 6.07) is 0. The number of imide groups is 1. The fourth-order valence-corrected chi connectivity index (χ4v) is 3.16. The minimum atomic E-state index is -0.253. The van der Waals surface area contributed by atoms with Crippen molar-refractivity contribution in [2.45, 2.75) is 84.0 Å². The van der Waals surface area contributed by atoms with Gasteiger partial charge in [0.1, 0.15) is 0 Å². The molecule has 0 aliphatic carbocycles. The Hall–Kier alpha value is -2.18. The van der Waals surface area contributed by atoms with Gasteiger partial charge < -0.3 is 10.6 Å². The van der Waals surface area contributed by atoms with E-state index in [4.69, 9.17) is 0 Å². The van der Waals surface area contributed by atoms with Crippen molar-refractivity contribution in [3.63, 3.8) is 0 Å². The minimum Gasteiger partial charge on any atom is -0.356 e. The third-order valence-electron chi connectivity index (χ3n) is 4.94. The van der Waals surface area contributed by atoms with Gasteiger partial charge in [0, 0.05) is 44.6 Å². The number of hydrogen-bond donors (Lipinski definition) is 2. The first-order valence-electron chi connectivity index (χ1n) is 11.1. The van der Waals surface area contributed by atoms with Crippen LogP contribution in [0.25, 0.3) is 0 Å². The number of carbonyl (C=O) groups is 4. The fraction of sp³-hybridized carbons (Fsp3) is 0.727. The third kappa shape index (κ3) is 12.1. The van der Waals surface area contributed by atoms with Crippen LogP contribution in [-0.2, 0) is 19.2 Å². The summed E-state index contributed by atoms with van der Waals surface area (Å²) < 4.78 is 0. The lowest BCUT2D eigenvalue weighted by atomic mass is 10.1. The average Bonchev–Trinajstić information content (AvgIpc) is 3.02. The number of carbonyl (C=O) groups excluding carboxylic acids is 4. The van der Waals surface area contributed by atoms with Gasteiger partial charge in [-0.2, -0.15) is 0 Å². The highest BCUT2D eigenvalue weighted by Gasteiger charge is 2.22. The Morgan fingerprint density at radius 2 is 1.21 bits per heavy atom. The van der Waals surface area contributed by atoms with E-state index in [1.54, 1.807) is 0 Å². The normalized spacial score (nSPS) is 13.2. The van der Waals surface area contributed by atoms with Crippen LogP contribution in [0, 0.1) is 0 Å². The molecule has 0 saturated carbocycles. The highest BCUT2D eigenvalue weighted by molar-refractivity contribution is 6.12. The lowest BCUT2D eigenvalue weighted by Gasteiger charge is -2.13. The van der Waals surface area contributed by atoms with Gasteiger partial charge >= 0.3 is 0 Å². The van der Waals surface area contributed by atoms with Crippen LogP contribution in [0.4, 0.5) is 0 Å². The SMILES string of the molecule is CCCCCCNC(=O)CCCCCNC(=O)CCCCCN1C(=O)C=CC1=O. The first-order valence-corrected chi connectivity index (χ1v) is 11.1. The molecule has 0 unspecified atom stereocenters. The minimum absolute atomic E-state index is 0.0322. The summed E-state index contributed by atoms with van der Waals surface area (Å²) in [7, 11) is 0. The number of unbranched alkanes of at least 4 members (excludes halogenated alkanes) is 7. The lowest BCUT2D eigenvalue weighted by molar-refractivity contribution is -0.137. The average molecular weight is 408 g/mol. The van der Waals surface area contributed by atoms with E-state index in [0.29, 0.717) is 32.4 Å². The van der Waals surface area contributed by atoms with Gasteiger partial charge in [-0.3, -0.25) is 24.1 Å². The standard InChI is InChI=1S/C22H37N3O4/c1-2-3-4-9-16-23-19(26)12-7-5-10-17-24-20(27)13-8-6-11-18-25-21(28)14-15-22(25)29/h14-15H,2-13,16-18H2,1H3,(H,23,26)(H,24,27). The van der Waals surface area contributed by atoms with Crippen molar-refractivity contribution in [2.24, 2.45) is 0 Å². The largest absolute Gasteiger partial charge is 0.356 e. The summed E-state index contributed by atoms with van der Waals surface area (Å²) in [4.78, 5) is 47.5. The van der Waals surface area contributed by atoms with Crippen molar-refractivity contribution in [3.05, 3.63) is 12.2 Å². The van der Waals surface area contributed by atoms with Crippen LogP contribution in [0.15, 0.2) is 12.2 Å². The Balaban J connectivity index is 1.87. The summed E-state index contributed by atoms with van der Waals surface area (Å²) in [5, 5.41) is 5.86. The Morgan fingerprint density at radius 1 is 0.724 bits per heavy atom. The van der Waals surface area contributed by atoms with E-state index in [-0.39, 0.29) is 23.6 Å². The third-order valence-corrected chi connectivity index (χ3v) is 4.94. The zero-order valence-corrected chi connectivity index (χ0v) is 17.8. The molecule has 0 atom stereocenters. The molecule has 7 heteroatoms. The molecule has 0 radical (unpaired) electrons. The van der Waals surface area contributed by atoms with Crippen LogP contribution in [-0.4, -0.2) is 48.2 Å². The molecule has 0 saturated heterocycles. The van der Waals surface area contributed by atoms with E-state index in [0.717, 1.165) is 45.1 Å². The Morgan fingerprint density at radius 3 is 1.72 bits per heavy atom. The van der Waals surface area contributed by atoms with E-state index in [1.165, 1.54) is 36.3 Å². The van der Waals surface area contributed by atoms with Crippen LogP contribution in [0.1, 0.15) is 84.0 Å². The topological polar surface area (TPSA) is 95.6 Å². The molecule has 1 aliphatic rings. The molecule has 0 aromatic heterocycles. The molecule has 2 N–H and O–H groups in total. The number of rotatable bonds is 17. The zero-order chi connectivity index (χ0) is 21.3. The molecule has 0 bridgehead atoms. The van der Waals surface area contributed by atoms with Gasteiger partial charge in [0.2, 0.25) is 11.8 Å². The lowest BCUT2D eigenvalue weighted by Crippen LogP contribution is -2.30. The van der Waals surface area contributed by atoms with Crippen LogP contribution in [0.3, 0.4) is 0 Å². The summed E-state index contributed by atoms with van der Waals surface area (Å²) in [6.45, 7) is 4.00. The van der Waals surface area contributed by atoms with Gasteiger partial charge in [0.05, 0.1) is 0 Å². The summed E-state index contributed by atoms with van der Waals surface area (Å²) in [6.07, 6.45) is 13.2. The molecule has 0 fully saturated rings. The van der Waals surface area contributed by atoms with Crippen molar-refractivity contribution in [1.82, 2.24) is 15.5 Å². The molecular weight excluding hydrogens is 370 g/mol. The van der Waals surface area contributed by atoms with Crippen LogP contribution < -0.4 is 10.6 Å². The smallest absolute Gasteiger partial charge is 0.253 e. The number of nitrogens with one attached hydrogen (secondary N) is 2. The Kier molecular flexibility index (Phi) is 13.5. The maximum absolute atomic E-state index is 11.8. The molecule has 0 aromatic rings. The second-order valence-corrected chi connectivity index (χ2v) is 7.54. The Bertz CT molecular complexity index is 542. The monoisotopic (exact) mass is 407 g/mol. The molecule has 4 amide bonds. The van der Waals surface area contributed by atoms with Gasteiger partial charge in [-0.15, -0.1) is 0 Å². The molecule has 7 nitrogen and oxygen atoms in total. The van der Waals surface area contributed by atoms with Crippen molar-refractivity contribution in [1.29, 1.82) is 0 Å². The molecule has 1 heterocycles. The quantitative estimate of drug-likeness (QED) is 0.286. The molecule has 1 aliphatic heterocycles. The second-order valence-electron chi connectivity index (χ2n) is 7.54. The van der Waals surface area contributed by atoms with Gasteiger partial charge in [0.15, 0.2) is 0 Å². The molecule has 0 aromatic carbocycles. The molecule has 1 rings (SSSR count). The maximum Gasteiger partial charge on any atom is 0.253 e. The van der Waals surface area contributed by atoms with Gasteiger partial charge in [-0.25, -0.2) is 0 Å². The summed E-state index contributed by atoms with van der Waals surface area (Å²) in [5.74, 6) is -0.349. The zero-order valence-electron chi connectivity index (χ0n) is 17.8. The Labute approximate surface area is 174 Å². The van der Waals surface area contributed by atoms with Crippen LogP contribution in [0.5, 0.6) is 0 Å². The first-order chi connectivity index (χ1) is 14.0. The highest BCUT2D eigenvalue weighted by Crippen LogP contribution is 2.08. The van der Waals surface area contributed by atoms with E-state index < -0.39 is 0 Å².